The van der Waals surface area contributed by atoms with Crippen molar-refractivity contribution in [3.05, 3.63) is 0 Å². The van der Waals surface area contributed by atoms with Crippen molar-refractivity contribution in [3.8, 4) is 0 Å². The van der Waals surface area contributed by atoms with Crippen LogP contribution in [0.2, 0.25) is 0 Å². The van der Waals surface area contributed by atoms with Gasteiger partial charge >= 0.3 is 0 Å². The van der Waals surface area contributed by atoms with E-state index < -0.39 is 0 Å². The molecule has 2 rings (SSSR count). The number of nitrogens with zero attached hydrogens (tertiary/aromatic N) is 2. The molecule has 3 unspecified atom stereocenters. The van der Waals surface area contributed by atoms with Crippen LogP contribution in [0.5, 0.6) is 0 Å². The summed E-state index contributed by atoms with van der Waals surface area (Å²) in [5.74, 6) is 0. The van der Waals surface area contributed by atoms with Gasteiger partial charge in [0.1, 0.15) is 0 Å². The molecule has 2 aliphatic heterocycles. The summed E-state index contributed by atoms with van der Waals surface area (Å²) >= 11 is 0. The van der Waals surface area contributed by atoms with Crippen molar-refractivity contribution in [2.75, 3.05) is 32.7 Å². The van der Waals surface area contributed by atoms with E-state index in [1.54, 1.807) is 0 Å². The van der Waals surface area contributed by atoms with Gasteiger partial charge in [-0.2, -0.15) is 0 Å². The fourth-order valence-electron chi connectivity index (χ4n) is 3.83. The molecule has 2 aliphatic rings. The van der Waals surface area contributed by atoms with Crippen molar-refractivity contribution in [1.29, 1.82) is 0 Å². The van der Waals surface area contributed by atoms with Crippen LogP contribution in [0, 0.1) is 0 Å². The van der Waals surface area contributed by atoms with E-state index in [0.717, 1.165) is 24.7 Å². The summed E-state index contributed by atoms with van der Waals surface area (Å²) < 4.78 is 0. The summed E-state index contributed by atoms with van der Waals surface area (Å²) in [6.07, 6.45) is 6.78. The Morgan fingerprint density at radius 1 is 1.21 bits per heavy atom. The first-order chi connectivity index (χ1) is 9.26. The summed E-state index contributed by atoms with van der Waals surface area (Å²) in [6, 6.07) is 2.29. The van der Waals surface area contributed by atoms with E-state index in [1.807, 2.05) is 0 Å². The van der Waals surface area contributed by atoms with E-state index in [9.17, 15) is 0 Å². The first-order valence-electron chi connectivity index (χ1n) is 8.46. The molecule has 0 spiro atoms. The Morgan fingerprint density at radius 3 is 2.79 bits per heavy atom. The van der Waals surface area contributed by atoms with Crippen LogP contribution in [0.15, 0.2) is 0 Å². The molecule has 0 radical (unpaired) electrons. The third kappa shape index (κ3) is 3.93. The van der Waals surface area contributed by atoms with Crippen LogP contribution < -0.4 is 5.32 Å². The molecule has 3 heteroatoms. The molecule has 0 aromatic heterocycles. The van der Waals surface area contributed by atoms with E-state index in [0.29, 0.717) is 0 Å². The number of piperidine rings is 1. The molecule has 2 fully saturated rings. The lowest BCUT2D eigenvalue weighted by Gasteiger charge is -2.50. The van der Waals surface area contributed by atoms with Gasteiger partial charge in [-0.05, 0) is 45.7 Å². The SMILES string of the molecule is CCCNCC(CC)N1CC2CCCCN2CC1C. The highest BCUT2D eigenvalue weighted by molar-refractivity contribution is 4.92. The van der Waals surface area contributed by atoms with Gasteiger partial charge in [0.25, 0.3) is 0 Å². The van der Waals surface area contributed by atoms with Gasteiger partial charge in [-0.1, -0.05) is 20.3 Å². The van der Waals surface area contributed by atoms with E-state index in [1.165, 1.54) is 58.3 Å². The predicted molar refractivity (Wildman–Crippen MR) is 82.6 cm³/mol. The Morgan fingerprint density at radius 2 is 2.05 bits per heavy atom. The zero-order chi connectivity index (χ0) is 13.7. The molecule has 19 heavy (non-hydrogen) atoms. The quantitative estimate of drug-likeness (QED) is 0.745. The van der Waals surface area contributed by atoms with Crippen molar-refractivity contribution in [2.24, 2.45) is 0 Å². The van der Waals surface area contributed by atoms with Crippen molar-refractivity contribution in [2.45, 2.75) is 71.0 Å². The average Bonchev–Trinajstić information content (AvgIpc) is 2.43. The second-order valence-corrected chi connectivity index (χ2v) is 6.46. The monoisotopic (exact) mass is 267 g/mol. The lowest BCUT2D eigenvalue weighted by molar-refractivity contribution is -0.00840. The summed E-state index contributed by atoms with van der Waals surface area (Å²) in [7, 11) is 0. The number of rotatable bonds is 6. The zero-order valence-electron chi connectivity index (χ0n) is 13.2. The fraction of sp³-hybridized carbons (Fsp3) is 1.00. The van der Waals surface area contributed by atoms with Gasteiger partial charge in [0.05, 0.1) is 0 Å². The maximum Gasteiger partial charge on any atom is 0.0224 e. The molecule has 3 nitrogen and oxygen atoms in total. The molecule has 0 aromatic rings. The Labute approximate surface area is 119 Å². The van der Waals surface area contributed by atoms with E-state index in [-0.39, 0.29) is 0 Å². The summed E-state index contributed by atoms with van der Waals surface area (Å²) in [5, 5.41) is 3.62. The van der Waals surface area contributed by atoms with E-state index in [2.05, 4.69) is 35.9 Å². The van der Waals surface area contributed by atoms with E-state index in [4.69, 9.17) is 0 Å². The summed E-state index contributed by atoms with van der Waals surface area (Å²) in [6.45, 7) is 13.3. The molecule has 1 N–H and O–H groups in total. The number of hydrogen-bond donors (Lipinski definition) is 1. The minimum atomic E-state index is 0.725. The van der Waals surface area contributed by atoms with Gasteiger partial charge < -0.3 is 5.32 Å². The van der Waals surface area contributed by atoms with Gasteiger partial charge in [-0.3, -0.25) is 9.80 Å². The maximum absolute atomic E-state index is 3.62. The zero-order valence-corrected chi connectivity index (χ0v) is 13.2. The predicted octanol–water partition coefficient (Wildman–Crippen LogP) is 2.32. The highest BCUT2D eigenvalue weighted by atomic mass is 15.3. The first-order valence-corrected chi connectivity index (χ1v) is 8.46. The van der Waals surface area contributed by atoms with Crippen LogP contribution in [0.1, 0.15) is 52.9 Å². The molecule has 2 heterocycles. The minimum absolute atomic E-state index is 0.725. The Bertz CT molecular complexity index is 256. The minimum Gasteiger partial charge on any atom is -0.315 e. The lowest BCUT2D eigenvalue weighted by Crippen LogP contribution is -2.62. The number of hydrogen-bond acceptors (Lipinski definition) is 3. The van der Waals surface area contributed by atoms with Crippen LogP contribution >= 0.6 is 0 Å². The van der Waals surface area contributed by atoms with Gasteiger partial charge in [-0.15, -0.1) is 0 Å². The molecule has 0 bridgehead atoms. The van der Waals surface area contributed by atoms with Crippen LogP contribution in [0.3, 0.4) is 0 Å². The molecule has 112 valence electrons. The van der Waals surface area contributed by atoms with Crippen molar-refractivity contribution < 1.29 is 0 Å². The second-order valence-electron chi connectivity index (χ2n) is 6.46. The topological polar surface area (TPSA) is 18.5 Å². The van der Waals surface area contributed by atoms with Gasteiger partial charge in [-0.25, -0.2) is 0 Å². The number of nitrogens with one attached hydrogen (secondary N) is 1. The normalized spacial score (nSPS) is 31.1. The molecule has 3 atom stereocenters. The van der Waals surface area contributed by atoms with Crippen LogP contribution in [-0.4, -0.2) is 60.6 Å². The molecule has 0 aromatic carbocycles. The standard InChI is InChI=1S/C16H33N3/c1-4-9-17-11-15(5-2)19-13-16-8-6-7-10-18(16)12-14(19)3/h14-17H,4-13H2,1-3H3. The molecule has 0 aliphatic carbocycles. The number of fused-ring (bicyclic) bond motifs is 1. The average molecular weight is 267 g/mol. The largest absolute Gasteiger partial charge is 0.315 e. The molecule has 2 saturated heterocycles. The maximum atomic E-state index is 3.62. The van der Waals surface area contributed by atoms with Crippen molar-refractivity contribution in [3.63, 3.8) is 0 Å². The van der Waals surface area contributed by atoms with Crippen LogP contribution in [-0.2, 0) is 0 Å². The molecule has 0 saturated carbocycles. The van der Waals surface area contributed by atoms with Gasteiger partial charge in [0.2, 0.25) is 0 Å². The summed E-state index contributed by atoms with van der Waals surface area (Å²) in [5.41, 5.74) is 0. The fourth-order valence-corrected chi connectivity index (χ4v) is 3.83. The number of piperazine rings is 1. The van der Waals surface area contributed by atoms with Gasteiger partial charge in [0.15, 0.2) is 0 Å². The Kier molecular flexibility index (Phi) is 6.11. The summed E-state index contributed by atoms with van der Waals surface area (Å²) in [4.78, 5) is 5.53. The first kappa shape index (κ1) is 15.3. The Balaban J connectivity index is 1.89. The van der Waals surface area contributed by atoms with Crippen LogP contribution in [0.25, 0.3) is 0 Å². The highest BCUT2D eigenvalue weighted by Crippen LogP contribution is 2.25. The smallest absolute Gasteiger partial charge is 0.0224 e. The molecule has 0 amide bonds. The van der Waals surface area contributed by atoms with Crippen molar-refractivity contribution in [1.82, 2.24) is 15.1 Å². The van der Waals surface area contributed by atoms with Crippen LogP contribution in [0.4, 0.5) is 0 Å². The van der Waals surface area contributed by atoms with Crippen molar-refractivity contribution >= 4 is 0 Å². The Hall–Kier alpha value is -0.120. The molecular formula is C16H33N3. The second kappa shape index (κ2) is 7.61. The lowest BCUT2D eigenvalue weighted by atomic mass is 9.95. The van der Waals surface area contributed by atoms with Gasteiger partial charge in [0, 0.05) is 37.8 Å². The molecular weight excluding hydrogens is 234 g/mol. The van der Waals surface area contributed by atoms with E-state index >= 15 is 0 Å². The third-order valence-electron chi connectivity index (χ3n) is 4.98. The highest BCUT2D eigenvalue weighted by Gasteiger charge is 2.35. The third-order valence-corrected chi connectivity index (χ3v) is 4.98.